The molecule has 1 unspecified atom stereocenters. The van der Waals surface area contributed by atoms with Crippen molar-refractivity contribution in [1.29, 1.82) is 0 Å². The lowest BCUT2D eigenvalue weighted by atomic mass is 9.98. The first-order chi connectivity index (χ1) is 16.7. The van der Waals surface area contributed by atoms with Crippen LogP contribution in [-0.4, -0.2) is 42.0 Å². The quantitative estimate of drug-likeness (QED) is 0.406. The number of benzene rings is 2. The second-order valence-electron chi connectivity index (χ2n) is 8.25. The number of ether oxygens (including phenoxy) is 1. The SMILES string of the molecule is Fc1ccc(C2=NN(c3nc(N4CCOCC4)c4sccc4n3)C(c3ccc(F)cc3)C2)cc1. The molecule has 2 aromatic carbocycles. The van der Waals surface area contributed by atoms with Crippen molar-refractivity contribution in [3.05, 3.63) is 82.7 Å². The Morgan fingerprint density at radius 1 is 0.882 bits per heavy atom. The molecule has 0 N–H and O–H groups in total. The molecule has 34 heavy (non-hydrogen) atoms. The fraction of sp³-hybridized carbons (Fsp3) is 0.240. The van der Waals surface area contributed by atoms with E-state index in [1.807, 2.05) is 16.5 Å². The Morgan fingerprint density at radius 3 is 2.32 bits per heavy atom. The number of hydrogen-bond donors (Lipinski definition) is 0. The molecule has 1 fully saturated rings. The Bertz CT molecular complexity index is 1350. The van der Waals surface area contributed by atoms with E-state index >= 15 is 0 Å². The third-order valence-corrected chi connectivity index (χ3v) is 7.03. The van der Waals surface area contributed by atoms with Crippen LogP contribution in [0.5, 0.6) is 0 Å². The van der Waals surface area contributed by atoms with Gasteiger partial charge in [0, 0.05) is 19.5 Å². The van der Waals surface area contributed by atoms with Gasteiger partial charge >= 0.3 is 0 Å². The van der Waals surface area contributed by atoms with Gasteiger partial charge < -0.3 is 9.64 Å². The maximum absolute atomic E-state index is 13.7. The van der Waals surface area contributed by atoms with E-state index in [0.717, 1.165) is 46.0 Å². The Kier molecular flexibility index (Phi) is 5.43. The smallest absolute Gasteiger partial charge is 0.249 e. The summed E-state index contributed by atoms with van der Waals surface area (Å²) in [6.07, 6.45) is 0.565. The molecule has 0 radical (unpaired) electrons. The first kappa shape index (κ1) is 21.1. The average molecular weight is 478 g/mol. The summed E-state index contributed by atoms with van der Waals surface area (Å²) in [5.41, 5.74) is 3.40. The zero-order chi connectivity index (χ0) is 23.1. The molecular formula is C25H21F2N5OS. The highest BCUT2D eigenvalue weighted by Crippen LogP contribution is 2.38. The van der Waals surface area contributed by atoms with Crippen LogP contribution in [0, 0.1) is 11.6 Å². The molecule has 172 valence electrons. The molecule has 2 aromatic heterocycles. The number of nitrogens with zero attached hydrogens (tertiary/aromatic N) is 5. The van der Waals surface area contributed by atoms with Gasteiger partial charge in [-0.3, -0.25) is 0 Å². The summed E-state index contributed by atoms with van der Waals surface area (Å²) in [5, 5.41) is 8.71. The van der Waals surface area contributed by atoms with Gasteiger partial charge in [0.1, 0.15) is 11.6 Å². The van der Waals surface area contributed by atoms with E-state index in [1.54, 1.807) is 35.6 Å². The summed E-state index contributed by atoms with van der Waals surface area (Å²) in [6.45, 7) is 2.83. The van der Waals surface area contributed by atoms with Crippen LogP contribution in [0.15, 0.2) is 65.1 Å². The number of rotatable bonds is 4. The number of morpholine rings is 1. The Hall–Kier alpha value is -3.43. The van der Waals surface area contributed by atoms with E-state index in [0.29, 0.717) is 25.6 Å². The predicted octanol–water partition coefficient (Wildman–Crippen LogP) is 5.16. The van der Waals surface area contributed by atoms with Crippen LogP contribution in [0.2, 0.25) is 0 Å². The Morgan fingerprint density at radius 2 is 1.59 bits per heavy atom. The molecule has 2 aliphatic heterocycles. The van der Waals surface area contributed by atoms with Crippen molar-refractivity contribution in [1.82, 2.24) is 9.97 Å². The van der Waals surface area contributed by atoms with Crippen LogP contribution in [0.25, 0.3) is 10.2 Å². The van der Waals surface area contributed by atoms with Crippen LogP contribution >= 0.6 is 11.3 Å². The van der Waals surface area contributed by atoms with E-state index < -0.39 is 0 Å². The molecular weight excluding hydrogens is 456 g/mol. The number of hydrogen-bond acceptors (Lipinski definition) is 7. The summed E-state index contributed by atoms with van der Waals surface area (Å²) in [7, 11) is 0. The molecule has 9 heteroatoms. The fourth-order valence-electron chi connectivity index (χ4n) is 4.38. The normalized spacial score (nSPS) is 18.5. The van der Waals surface area contributed by atoms with Crippen molar-refractivity contribution in [3.63, 3.8) is 0 Å². The zero-order valence-electron chi connectivity index (χ0n) is 18.2. The maximum Gasteiger partial charge on any atom is 0.249 e. The third-order valence-electron chi connectivity index (χ3n) is 6.13. The van der Waals surface area contributed by atoms with Gasteiger partial charge in [-0.1, -0.05) is 24.3 Å². The predicted molar refractivity (Wildman–Crippen MR) is 130 cm³/mol. The highest BCUT2D eigenvalue weighted by atomic mass is 32.1. The first-order valence-electron chi connectivity index (χ1n) is 11.1. The topological polar surface area (TPSA) is 53.9 Å². The lowest BCUT2D eigenvalue weighted by Gasteiger charge is -2.29. The Balaban J connectivity index is 1.46. The molecule has 0 saturated carbocycles. The molecule has 1 saturated heterocycles. The largest absolute Gasteiger partial charge is 0.378 e. The van der Waals surface area contributed by atoms with Crippen molar-refractivity contribution in [2.75, 3.05) is 36.2 Å². The molecule has 1 atom stereocenters. The van der Waals surface area contributed by atoms with Crippen molar-refractivity contribution >= 4 is 39.0 Å². The van der Waals surface area contributed by atoms with E-state index in [-0.39, 0.29) is 17.7 Å². The summed E-state index contributed by atoms with van der Waals surface area (Å²) in [6, 6.07) is 14.5. The second kappa shape index (κ2) is 8.73. The van der Waals surface area contributed by atoms with Crippen LogP contribution in [0.4, 0.5) is 20.5 Å². The molecule has 0 bridgehead atoms. The number of aromatic nitrogens is 2. The lowest BCUT2D eigenvalue weighted by Crippen LogP contribution is -2.37. The number of halogens is 2. The van der Waals surface area contributed by atoms with Crippen LogP contribution in [-0.2, 0) is 4.74 Å². The van der Waals surface area contributed by atoms with Gasteiger partial charge in [0.15, 0.2) is 5.82 Å². The minimum Gasteiger partial charge on any atom is -0.378 e. The van der Waals surface area contributed by atoms with Gasteiger partial charge in [-0.05, 0) is 46.8 Å². The number of fused-ring (bicyclic) bond motifs is 1. The zero-order valence-corrected chi connectivity index (χ0v) is 19.0. The average Bonchev–Trinajstić information content (AvgIpc) is 3.52. The summed E-state index contributed by atoms with van der Waals surface area (Å²) in [4.78, 5) is 12.0. The number of thiophene rings is 1. The van der Waals surface area contributed by atoms with Crippen LogP contribution in [0.1, 0.15) is 23.6 Å². The van der Waals surface area contributed by atoms with Crippen LogP contribution < -0.4 is 9.91 Å². The standard InChI is InChI=1S/C25H21F2N5OS/c26-18-5-1-16(2-6-18)21-15-22(17-3-7-19(27)8-4-17)32(30-21)25-28-20-9-14-34-23(20)24(29-25)31-10-12-33-13-11-31/h1-9,14,22H,10-13,15H2. The van der Waals surface area contributed by atoms with Gasteiger partial charge in [-0.15, -0.1) is 11.3 Å². The summed E-state index contributed by atoms with van der Waals surface area (Å²) in [5.74, 6) is 0.773. The van der Waals surface area contributed by atoms with Crippen molar-refractivity contribution < 1.29 is 13.5 Å². The molecule has 4 aromatic rings. The van der Waals surface area contributed by atoms with Crippen molar-refractivity contribution in [2.24, 2.45) is 5.10 Å². The Labute approximate surface area is 199 Å². The molecule has 0 aliphatic carbocycles. The van der Waals surface area contributed by atoms with E-state index in [1.165, 1.54) is 24.3 Å². The summed E-state index contributed by atoms with van der Waals surface area (Å²) >= 11 is 1.62. The molecule has 6 rings (SSSR count). The van der Waals surface area contributed by atoms with E-state index in [2.05, 4.69) is 4.90 Å². The first-order valence-corrected chi connectivity index (χ1v) is 12.0. The van der Waals surface area contributed by atoms with Gasteiger partial charge in [0.05, 0.1) is 35.2 Å². The highest BCUT2D eigenvalue weighted by molar-refractivity contribution is 7.17. The molecule has 0 amide bonds. The lowest BCUT2D eigenvalue weighted by molar-refractivity contribution is 0.122. The minimum absolute atomic E-state index is 0.214. The second-order valence-corrected chi connectivity index (χ2v) is 9.17. The fourth-order valence-corrected chi connectivity index (χ4v) is 5.23. The van der Waals surface area contributed by atoms with Gasteiger partial charge in [-0.25, -0.2) is 18.8 Å². The third kappa shape index (κ3) is 3.91. The number of anilines is 2. The summed E-state index contributed by atoms with van der Waals surface area (Å²) < 4.78 is 33.7. The molecule has 4 heterocycles. The monoisotopic (exact) mass is 477 g/mol. The molecule has 6 nitrogen and oxygen atoms in total. The molecule has 2 aliphatic rings. The van der Waals surface area contributed by atoms with E-state index in [4.69, 9.17) is 19.8 Å². The van der Waals surface area contributed by atoms with Gasteiger partial charge in [0.2, 0.25) is 5.95 Å². The van der Waals surface area contributed by atoms with Crippen LogP contribution in [0.3, 0.4) is 0 Å². The van der Waals surface area contributed by atoms with Crippen molar-refractivity contribution in [2.45, 2.75) is 12.5 Å². The molecule has 0 spiro atoms. The number of hydrazone groups is 1. The minimum atomic E-state index is -0.296. The van der Waals surface area contributed by atoms with Gasteiger partial charge in [-0.2, -0.15) is 10.1 Å². The van der Waals surface area contributed by atoms with E-state index in [9.17, 15) is 8.78 Å². The highest BCUT2D eigenvalue weighted by Gasteiger charge is 2.33. The maximum atomic E-state index is 13.7. The van der Waals surface area contributed by atoms with Gasteiger partial charge in [0.25, 0.3) is 0 Å². The van der Waals surface area contributed by atoms with Crippen molar-refractivity contribution in [3.8, 4) is 0 Å².